The molecule has 0 aromatic carbocycles. The molecule has 70 valence electrons. The average Bonchev–Trinajstić information content (AvgIpc) is 2.64. The van der Waals surface area contributed by atoms with Crippen molar-refractivity contribution >= 4 is 5.78 Å². The molecule has 2 unspecified atom stereocenters. The molecule has 0 aromatic rings. The minimum Gasteiger partial charge on any atom is -0.298 e. The van der Waals surface area contributed by atoms with Gasteiger partial charge in [-0.2, -0.15) is 0 Å². The number of rotatable bonds is 0. The van der Waals surface area contributed by atoms with Crippen LogP contribution in [0.4, 0.5) is 0 Å². The van der Waals surface area contributed by atoms with Gasteiger partial charge in [-0.3, -0.25) is 4.79 Å². The van der Waals surface area contributed by atoms with Crippen molar-refractivity contribution < 1.29 is 4.79 Å². The van der Waals surface area contributed by atoms with Crippen LogP contribution in [0.2, 0.25) is 0 Å². The van der Waals surface area contributed by atoms with Crippen LogP contribution in [0.15, 0.2) is 11.1 Å². The average molecular weight is 176 g/mol. The van der Waals surface area contributed by atoms with Crippen molar-refractivity contribution in [3.05, 3.63) is 11.1 Å². The van der Waals surface area contributed by atoms with Crippen molar-refractivity contribution in [2.45, 2.75) is 45.4 Å². The largest absolute Gasteiger partial charge is 0.298 e. The van der Waals surface area contributed by atoms with Gasteiger partial charge >= 0.3 is 0 Å². The number of ketones is 1. The topological polar surface area (TPSA) is 17.1 Å². The first-order chi connectivity index (χ1) is 6.22. The number of carbonyl (C=O) groups excluding carboxylic acids is 1. The predicted molar refractivity (Wildman–Crippen MR) is 51.3 cm³/mol. The normalized spacial score (nSPS) is 42.8. The van der Waals surface area contributed by atoms with E-state index in [1.54, 1.807) is 11.1 Å². The van der Waals surface area contributed by atoms with Gasteiger partial charge in [0.2, 0.25) is 0 Å². The summed E-state index contributed by atoms with van der Waals surface area (Å²) >= 11 is 0. The van der Waals surface area contributed by atoms with Gasteiger partial charge < -0.3 is 0 Å². The molecule has 0 amide bonds. The lowest BCUT2D eigenvalue weighted by atomic mass is 9.72. The predicted octanol–water partition coefficient (Wildman–Crippen LogP) is 2.86. The summed E-state index contributed by atoms with van der Waals surface area (Å²) in [6, 6.07) is 0. The Bertz CT molecular complexity index is 313. The zero-order valence-electron chi connectivity index (χ0n) is 8.23. The maximum absolute atomic E-state index is 12.0. The van der Waals surface area contributed by atoms with E-state index in [9.17, 15) is 4.79 Å². The summed E-state index contributed by atoms with van der Waals surface area (Å²) in [5.74, 6) is 0.968. The number of hydrogen-bond donors (Lipinski definition) is 0. The maximum Gasteiger partial charge on any atom is 0.146 e. The lowest BCUT2D eigenvalue weighted by molar-refractivity contribution is -0.127. The third-order valence-electron chi connectivity index (χ3n) is 4.40. The Morgan fingerprint density at radius 2 is 2.23 bits per heavy atom. The van der Waals surface area contributed by atoms with E-state index >= 15 is 0 Å². The molecule has 0 N–H and O–H groups in total. The third-order valence-corrected chi connectivity index (χ3v) is 4.40. The van der Waals surface area contributed by atoms with Crippen molar-refractivity contribution in [1.29, 1.82) is 0 Å². The van der Waals surface area contributed by atoms with Crippen LogP contribution in [0, 0.1) is 11.3 Å². The standard InChI is InChI=1S/C12H16O/c1-12-6-5-9(11(12)13)7-8-3-2-4-10(8)12/h9H,2-7H2,1H3. The van der Waals surface area contributed by atoms with Crippen molar-refractivity contribution in [2.75, 3.05) is 0 Å². The van der Waals surface area contributed by atoms with Gasteiger partial charge in [-0.05, 0) is 45.4 Å². The highest BCUT2D eigenvalue weighted by molar-refractivity contribution is 5.93. The number of allylic oxidation sites excluding steroid dienone is 2. The van der Waals surface area contributed by atoms with E-state index in [4.69, 9.17) is 0 Å². The van der Waals surface area contributed by atoms with Crippen LogP contribution < -0.4 is 0 Å². The quantitative estimate of drug-likeness (QED) is 0.519. The molecule has 1 fully saturated rings. The second kappa shape index (κ2) is 2.26. The molecule has 3 rings (SSSR count). The summed E-state index contributed by atoms with van der Waals surface area (Å²) in [4.78, 5) is 12.0. The van der Waals surface area contributed by atoms with E-state index in [0.29, 0.717) is 11.7 Å². The minimum absolute atomic E-state index is 0.00521. The highest BCUT2D eigenvalue weighted by atomic mass is 16.1. The fourth-order valence-corrected chi connectivity index (χ4v) is 3.66. The second-order valence-corrected chi connectivity index (χ2v) is 5.07. The molecular weight excluding hydrogens is 160 g/mol. The Morgan fingerprint density at radius 3 is 3.08 bits per heavy atom. The van der Waals surface area contributed by atoms with E-state index in [1.807, 2.05) is 0 Å². The fraction of sp³-hybridized carbons (Fsp3) is 0.750. The van der Waals surface area contributed by atoms with E-state index in [1.165, 1.54) is 19.3 Å². The summed E-state index contributed by atoms with van der Waals surface area (Å²) in [6.45, 7) is 2.19. The lowest BCUT2D eigenvalue weighted by Gasteiger charge is -2.30. The Hall–Kier alpha value is -0.590. The van der Waals surface area contributed by atoms with Crippen molar-refractivity contribution in [3.63, 3.8) is 0 Å². The molecule has 0 radical (unpaired) electrons. The van der Waals surface area contributed by atoms with E-state index in [-0.39, 0.29) is 5.41 Å². The van der Waals surface area contributed by atoms with Gasteiger partial charge in [-0.15, -0.1) is 0 Å². The molecule has 1 saturated carbocycles. The van der Waals surface area contributed by atoms with Gasteiger partial charge in [0.1, 0.15) is 5.78 Å². The van der Waals surface area contributed by atoms with Crippen LogP contribution in [0.25, 0.3) is 0 Å². The molecule has 1 heteroatoms. The van der Waals surface area contributed by atoms with Gasteiger partial charge in [-0.1, -0.05) is 11.1 Å². The first-order valence-corrected chi connectivity index (χ1v) is 5.47. The summed E-state index contributed by atoms with van der Waals surface area (Å²) in [5, 5.41) is 0. The van der Waals surface area contributed by atoms with Gasteiger partial charge in [-0.25, -0.2) is 0 Å². The summed E-state index contributed by atoms with van der Waals surface area (Å²) in [6.07, 6.45) is 7.21. The molecule has 3 aliphatic carbocycles. The Balaban J connectivity index is 2.14. The van der Waals surface area contributed by atoms with Gasteiger partial charge in [0, 0.05) is 11.3 Å². The molecule has 0 aliphatic heterocycles. The SMILES string of the molecule is CC12CCC(CC3=C1CCC3)C2=O. The van der Waals surface area contributed by atoms with Crippen LogP contribution in [0.3, 0.4) is 0 Å². The number of Topliss-reactive ketones (excluding diaryl/α,β-unsaturated/α-hetero) is 1. The van der Waals surface area contributed by atoms with Crippen LogP contribution >= 0.6 is 0 Å². The summed E-state index contributed by atoms with van der Waals surface area (Å²) in [5.41, 5.74) is 3.20. The first kappa shape index (κ1) is 7.78. The number of hydrogen-bond acceptors (Lipinski definition) is 1. The summed E-state index contributed by atoms with van der Waals surface area (Å²) < 4.78 is 0. The van der Waals surface area contributed by atoms with Gasteiger partial charge in [0.05, 0.1) is 0 Å². The second-order valence-electron chi connectivity index (χ2n) is 5.07. The zero-order chi connectivity index (χ0) is 9.05. The summed E-state index contributed by atoms with van der Waals surface area (Å²) in [7, 11) is 0. The molecule has 1 nitrogen and oxygen atoms in total. The molecule has 2 bridgehead atoms. The number of fused-ring (bicyclic) bond motifs is 3. The highest BCUT2D eigenvalue weighted by Gasteiger charge is 2.51. The Labute approximate surface area is 79.2 Å². The van der Waals surface area contributed by atoms with Crippen molar-refractivity contribution in [3.8, 4) is 0 Å². The monoisotopic (exact) mass is 176 g/mol. The van der Waals surface area contributed by atoms with Crippen molar-refractivity contribution in [2.24, 2.45) is 11.3 Å². The molecule has 0 saturated heterocycles. The van der Waals surface area contributed by atoms with Crippen molar-refractivity contribution in [1.82, 2.24) is 0 Å². The molecule has 13 heavy (non-hydrogen) atoms. The van der Waals surface area contributed by atoms with Crippen LogP contribution in [0.1, 0.15) is 45.4 Å². The minimum atomic E-state index is -0.00521. The molecule has 3 aliphatic rings. The first-order valence-electron chi connectivity index (χ1n) is 5.47. The molecule has 2 atom stereocenters. The third kappa shape index (κ3) is 0.806. The fourth-order valence-electron chi connectivity index (χ4n) is 3.66. The van der Waals surface area contributed by atoms with Gasteiger partial charge in [0.15, 0.2) is 0 Å². The smallest absolute Gasteiger partial charge is 0.146 e. The van der Waals surface area contributed by atoms with E-state index in [0.717, 1.165) is 19.3 Å². The molecule has 0 aromatic heterocycles. The highest BCUT2D eigenvalue weighted by Crippen LogP contribution is 2.55. The molecular formula is C12H16O. The Kier molecular flexibility index (Phi) is 1.35. The van der Waals surface area contributed by atoms with E-state index < -0.39 is 0 Å². The van der Waals surface area contributed by atoms with Crippen LogP contribution in [0.5, 0.6) is 0 Å². The Morgan fingerprint density at radius 1 is 1.38 bits per heavy atom. The maximum atomic E-state index is 12.0. The van der Waals surface area contributed by atoms with Crippen LogP contribution in [-0.2, 0) is 4.79 Å². The van der Waals surface area contributed by atoms with E-state index in [2.05, 4.69) is 6.92 Å². The number of carbonyl (C=O) groups is 1. The lowest BCUT2D eigenvalue weighted by Crippen LogP contribution is -2.31. The zero-order valence-corrected chi connectivity index (χ0v) is 8.23. The molecule has 0 heterocycles. The molecule has 0 spiro atoms. The van der Waals surface area contributed by atoms with Crippen LogP contribution in [-0.4, -0.2) is 5.78 Å². The van der Waals surface area contributed by atoms with Gasteiger partial charge in [0.25, 0.3) is 0 Å².